The Balaban J connectivity index is 1.79. The van der Waals surface area contributed by atoms with Crippen molar-refractivity contribution in [2.24, 2.45) is 0 Å². The van der Waals surface area contributed by atoms with E-state index in [0.717, 1.165) is 5.01 Å². The number of carbonyl (C=O) groups excluding carboxylic acids is 1. The third-order valence-corrected chi connectivity index (χ3v) is 7.01. The lowest BCUT2D eigenvalue weighted by molar-refractivity contribution is 0.102. The molecule has 2 aromatic rings. The van der Waals surface area contributed by atoms with E-state index in [9.17, 15) is 13.2 Å². The van der Waals surface area contributed by atoms with Gasteiger partial charge in [-0.05, 0) is 37.1 Å². The monoisotopic (exact) mass is 380 g/mol. The van der Waals surface area contributed by atoms with Gasteiger partial charge < -0.3 is 0 Å². The molecule has 1 aliphatic rings. The number of aromatic nitrogens is 2. The predicted molar refractivity (Wildman–Crippen MR) is 98.9 cm³/mol. The lowest BCUT2D eigenvalue weighted by Crippen LogP contribution is -2.25. The summed E-state index contributed by atoms with van der Waals surface area (Å²) in [6.45, 7) is 6.31. The molecule has 0 spiro atoms. The van der Waals surface area contributed by atoms with Gasteiger partial charge in [-0.25, -0.2) is 8.42 Å². The van der Waals surface area contributed by atoms with Crippen LogP contribution in [-0.4, -0.2) is 36.8 Å². The number of rotatable bonds is 4. The lowest BCUT2D eigenvalue weighted by Gasteiger charge is -2.18. The molecule has 25 heavy (non-hydrogen) atoms. The van der Waals surface area contributed by atoms with Gasteiger partial charge >= 0.3 is 0 Å². The Hall–Kier alpha value is -2.00. The van der Waals surface area contributed by atoms with Gasteiger partial charge in [-0.3, -0.25) is 14.4 Å². The summed E-state index contributed by atoms with van der Waals surface area (Å²) >= 11 is 1.35. The number of aryl methyl sites for hydroxylation is 1. The van der Waals surface area contributed by atoms with Gasteiger partial charge in [-0.2, -0.15) is 0 Å². The van der Waals surface area contributed by atoms with Gasteiger partial charge in [0.15, 0.2) is 0 Å². The number of hydrogen-bond donors (Lipinski definition) is 1. The van der Waals surface area contributed by atoms with Crippen LogP contribution in [0.2, 0.25) is 0 Å². The molecule has 0 atom stereocenters. The van der Waals surface area contributed by atoms with Gasteiger partial charge in [0.25, 0.3) is 5.91 Å². The van der Waals surface area contributed by atoms with Crippen molar-refractivity contribution in [1.29, 1.82) is 0 Å². The summed E-state index contributed by atoms with van der Waals surface area (Å²) in [5.74, 6) is 0.148. The highest BCUT2D eigenvalue weighted by Gasteiger charge is 2.28. The van der Waals surface area contributed by atoms with Crippen LogP contribution >= 0.6 is 11.3 Å². The summed E-state index contributed by atoms with van der Waals surface area (Å²) in [4.78, 5) is 12.5. The molecular weight excluding hydrogens is 360 g/mol. The van der Waals surface area contributed by atoms with E-state index in [4.69, 9.17) is 0 Å². The SMILES string of the molecule is Cc1cc(N2CCCS2(=O)=O)ccc1C(=O)Nc1nnc(C(C)C)s1. The number of hydrogen-bond acceptors (Lipinski definition) is 6. The molecule has 1 saturated heterocycles. The summed E-state index contributed by atoms with van der Waals surface area (Å²) in [6.07, 6.45) is 0.624. The molecule has 2 heterocycles. The highest BCUT2D eigenvalue weighted by Crippen LogP contribution is 2.27. The van der Waals surface area contributed by atoms with Crippen molar-refractivity contribution in [3.63, 3.8) is 0 Å². The maximum atomic E-state index is 12.5. The van der Waals surface area contributed by atoms with Crippen molar-refractivity contribution in [2.45, 2.75) is 33.1 Å². The number of carbonyl (C=O) groups is 1. The molecule has 1 fully saturated rings. The molecule has 0 bridgehead atoms. The number of nitrogens with zero attached hydrogens (tertiary/aromatic N) is 3. The van der Waals surface area contributed by atoms with Crippen molar-refractivity contribution in [3.8, 4) is 0 Å². The second-order valence-electron chi connectivity index (χ2n) is 6.30. The van der Waals surface area contributed by atoms with Gasteiger partial charge in [0.1, 0.15) is 5.01 Å². The number of sulfonamides is 1. The van der Waals surface area contributed by atoms with Crippen molar-refractivity contribution in [1.82, 2.24) is 10.2 Å². The molecule has 0 unspecified atom stereocenters. The average Bonchev–Trinajstić information content (AvgIpc) is 3.13. The first-order valence-electron chi connectivity index (χ1n) is 8.04. The number of anilines is 2. The van der Waals surface area contributed by atoms with E-state index in [1.165, 1.54) is 15.6 Å². The zero-order chi connectivity index (χ0) is 18.2. The largest absolute Gasteiger partial charge is 0.296 e. The highest BCUT2D eigenvalue weighted by atomic mass is 32.2. The standard InChI is InChI=1S/C16H20N4O3S2/c1-10(2)15-18-19-16(24-15)17-14(21)13-6-5-12(9-11(13)3)20-7-4-8-25(20,22)23/h5-6,9-10H,4,7-8H2,1-3H3,(H,17,19,21). The summed E-state index contributed by atoms with van der Waals surface area (Å²) < 4.78 is 25.5. The van der Waals surface area contributed by atoms with E-state index in [1.54, 1.807) is 25.1 Å². The van der Waals surface area contributed by atoms with Gasteiger partial charge in [0.05, 0.1) is 11.4 Å². The summed E-state index contributed by atoms with van der Waals surface area (Å²) in [6, 6.07) is 5.06. The molecule has 9 heteroatoms. The number of nitrogens with one attached hydrogen (secondary N) is 1. The van der Waals surface area contributed by atoms with Crippen LogP contribution in [0, 0.1) is 6.92 Å². The molecule has 1 amide bonds. The Morgan fingerprint density at radius 1 is 1.32 bits per heavy atom. The van der Waals surface area contributed by atoms with Crippen molar-refractivity contribution in [2.75, 3.05) is 21.9 Å². The second-order valence-corrected chi connectivity index (χ2v) is 9.32. The van der Waals surface area contributed by atoms with Crippen LogP contribution in [0.4, 0.5) is 10.8 Å². The van der Waals surface area contributed by atoms with E-state index >= 15 is 0 Å². The van der Waals surface area contributed by atoms with E-state index < -0.39 is 10.0 Å². The van der Waals surface area contributed by atoms with Gasteiger partial charge in [0, 0.05) is 18.0 Å². The van der Waals surface area contributed by atoms with Gasteiger partial charge in [-0.1, -0.05) is 25.2 Å². The van der Waals surface area contributed by atoms with Crippen LogP contribution in [0.25, 0.3) is 0 Å². The molecule has 1 aromatic heterocycles. The van der Waals surface area contributed by atoms with E-state index in [1.807, 2.05) is 13.8 Å². The lowest BCUT2D eigenvalue weighted by atomic mass is 10.1. The van der Waals surface area contributed by atoms with Crippen LogP contribution in [-0.2, 0) is 10.0 Å². The van der Waals surface area contributed by atoms with Gasteiger partial charge in [-0.15, -0.1) is 10.2 Å². The topological polar surface area (TPSA) is 92.3 Å². The fourth-order valence-electron chi connectivity index (χ4n) is 2.67. The first kappa shape index (κ1) is 17.8. The quantitative estimate of drug-likeness (QED) is 0.880. The Labute approximate surface area is 151 Å². The molecule has 7 nitrogen and oxygen atoms in total. The Kier molecular flexibility index (Phi) is 4.79. The zero-order valence-electron chi connectivity index (χ0n) is 14.3. The first-order valence-corrected chi connectivity index (χ1v) is 10.5. The molecule has 0 aliphatic carbocycles. The Morgan fingerprint density at radius 3 is 2.64 bits per heavy atom. The summed E-state index contributed by atoms with van der Waals surface area (Å²) in [5.41, 5.74) is 1.80. The molecule has 1 N–H and O–H groups in total. The Morgan fingerprint density at radius 2 is 2.08 bits per heavy atom. The van der Waals surface area contributed by atoms with Gasteiger partial charge in [0.2, 0.25) is 15.2 Å². The fraction of sp³-hybridized carbons (Fsp3) is 0.438. The predicted octanol–water partition coefficient (Wildman–Crippen LogP) is 2.76. The van der Waals surface area contributed by atoms with Crippen LogP contribution in [0.1, 0.15) is 47.1 Å². The zero-order valence-corrected chi connectivity index (χ0v) is 15.9. The average molecular weight is 380 g/mol. The molecular formula is C16H20N4O3S2. The molecule has 1 aromatic carbocycles. The fourth-order valence-corrected chi connectivity index (χ4v) is 4.97. The summed E-state index contributed by atoms with van der Waals surface area (Å²) in [7, 11) is -3.23. The third-order valence-electron chi connectivity index (χ3n) is 4.00. The molecule has 134 valence electrons. The van der Waals surface area contributed by atoms with Crippen LogP contribution < -0.4 is 9.62 Å². The smallest absolute Gasteiger partial charge is 0.257 e. The Bertz CT molecular complexity index is 906. The molecule has 0 radical (unpaired) electrons. The van der Waals surface area contributed by atoms with Crippen LogP contribution in [0.5, 0.6) is 0 Å². The number of amides is 1. The van der Waals surface area contributed by atoms with Crippen molar-refractivity contribution >= 4 is 38.1 Å². The molecule has 0 saturated carbocycles. The van der Waals surface area contributed by atoms with Crippen LogP contribution in [0.3, 0.4) is 0 Å². The van der Waals surface area contributed by atoms with E-state index in [0.29, 0.717) is 34.9 Å². The van der Waals surface area contributed by atoms with Crippen LogP contribution in [0.15, 0.2) is 18.2 Å². The van der Waals surface area contributed by atoms with Crippen molar-refractivity contribution < 1.29 is 13.2 Å². The highest BCUT2D eigenvalue weighted by molar-refractivity contribution is 7.93. The minimum atomic E-state index is -3.23. The number of benzene rings is 1. The maximum absolute atomic E-state index is 12.5. The minimum Gasteiger partial charge on any atom is -0.296 e. The second kappa shape index (κ2) is 6.72. The first-order chi connectivity index (χ1) is 11.8. The summed E-state index contributed by atoms with van der Waals surface area (Å²) in [5, 5.41) is 12.1. The van der Waals surface area contributed by atoms with E-state index in [2.05, 4.69) is 15.5 Å². The molecule has 1 aliphatic heterocycles. The maximum Gasteiger partial charge on any atom is 0.257 e. The van der Waals surface area contributed by atoms with E-state index in [-0.39, 0.29) is 17.6 Å². The van der Waals surface area contributed by atoms with Crippen molar-refractivity contribution in [3.05, 3.63) is 34.3 Å². The molecule has 3 rings (SSSR count). The third kappa shape index (κ3) is 3.67. The normalized spacial score (nSPS) is 16.4. The minimum absolute atomic E-state index is 0.170.